The summed E-state index contributed by atoms with van der Waals surface area (Å²) in [5, 5.41) is 2.85. The van der Waals surface area contributed by atoms with Gasteiger partial charge in [0.05, 0.1) is 22.2 Å². The molecule has 0 fully saturated rings. The highest BCUT2D eigenvalue weighted by Gasteiger charge is 2.30. The Hall–Kier alpha value is -4.14. The van der Waals surface area contributed by atoms with E-state index in [1.54, 1.807) is 30.3 Å². The van der Waals surface area contributed by atoms with Gasteiger partial charge in [0.2, 0.25) is 5.91 Å². The normalized spacial score (nSPS) is 11.6. The number of nitrogens with zero attached hydrogens (tertiary/aromatic N) is 2. The number of aryl methyl sites for hydroxylation is 2. The molecule has 0 aliphatic rings. The van der Waals surface area contributed by atoms with Gasteiger partial charge in [0, 0.05) is 6.54 Å². The monoisotopic (exact) mass is 495 g/mol. The Morgan fingerprint density at radius 2 is 1.67 bits per heavy atom. The zero-order valence-electron chi connectivity index (χ0n) is 19.9. The van der Waals surface area contributed by atoms with Crippen molar-refractivity contribution >= 4 is 16.8 Å². The number of alkyl halides is 3. The van der Waals surface area contributed by atoms with Gasteiger partial charge in [0.25, 0.3) is 5.56 Å². The number of hydrogen-bond donors (Lipinski definition) is 1. The zero-order chi connectivity index (χ0) is 26.2. The molecule has 1 amide bonds. The van der Waals surface area contributed by atoms with E-state index >= 15 is 0 Å². The first-order valence-corrected chi connectivity index (χ1v) is 11.2. The van der Waals surface area contributed by atoms with Crippen LogP contribution >= 0.6 is 0 Å². The van der Waals surface area contributed by atoms with Crippen LogP contribution in [0.25, 0.3) is 16.6 Å². The van der Waals surface area contributed by atoms with E-state index in [1.165, 1.54) is 16.7 Å². The third-order valence-corrected chi connectivity index (χ3v) is 6.16. The van der Waals surface area contributed by atoms with E-state index in [1.807, 2.05) is 26.8 Å². The maximum absolute atomic E-state index is 13.5. The van der Waals surface area contributed by atoms with Gasteiger partial charge in [0.1, 0.15) is 6.54 Å². The standard InChI is InChI=1S/C27H24F3N3O3/c1-16-10-11-23-21(12-16)25(35)33(22-9-4-6-17(2)18(22)3)26(36)32(23)15-24(34)31-14-19-7-5-8-20(13-19)27(28,29)30/h4-13H,14-15H2,1-3H3,(H,31,34). The van der Waals surface area contributed by atoms with Gasteiger partial charge < -0.3 is 5.32 Å². The van der Waals surface area contributed by atoms with Crippen molar-refractivity contribution in [1.82, 2.24) is 14.5 Å². The molecule has 0 aliphatic heterocycles. The van der Waals surface area contributed by atoms with Crippen LogP contribution in [0.1, 0.15) is 27.8 Å². The van der Waals surface area contributed by atoms with E-state index in [2.05, 4.69) is 5.32 Å². The average Bonchev–Trinajstić information content (AvgIpc) is 2.83. The molecule has 4 aromatic rings. The van der Waals surface area contributed by atoms with Crippen molar-refractivity contribution in [1.29, 1.82) is 0 Å². The predicted octanol–water partition coefficient (Wildman–Crippen LogP) is 4.41. The fourth-order valence-electron chi connectivity index (χ4n) is 4.09. The highest BCUT2D eigenvalue weighted by atomic mass is 19.4. The number of halogens is 3. The van der Waals surface area contributed by atoms with Crippen LogP contribution < -0.4 is 16.6 Å². The molecule has 1 aromatic heterocycles. The summed E-state index contributed by atoms with van der Waals surface area (Å²) in [4.78, 5) is 39.7. The topological polar surface area (TPSA) is 73.1 Å². The highest BCUT2D eigenvalue weighted by molar-refractivity contribution is 5.82. The van der Waals surface area contributed by atoms with Crippen LogP contribution in [0, 0.1) is 20.8 Å². The quantitative estimate of drug-likeness (QED) is 0.446. The summed E-state index contributed by atoms with van der Waals surface area (Å²) in [6.07, 6.45) is -4.49. The number of hydrogen-bond acceptors (Lipinski definition) is 3. The molecule has 36 heavy (non-hydrogen) atoms. The van der Waals surface area contributed by atoms with Crippen molar-refractivity contribution in [3.05, 3.63) is 109 Å². The van der Waals surface area contributed by atoms with Gasteiger partial charge in [-0.15, -0.1) is 0 Å². The summed E-state index contributed by atoms with van der Waals surface area (Å²) in [5.74, 6) is -0.581. The summed E-state index contributed by atoms with van der Waals surface area (Å²) in [7, 11) is 0. The SMILES string of the molecule is Cc1ccc2c(c1)c(=O)n(-c1cccc(C)c1C)c(=O)n2CC(=O)NCc1cccc(C(F)(F)F)c1. The summed E-state index contributed by atoms with van der Waals surface area (Å²) in [6.45, 7) is 4.93. The molecule has 0 atom stereocenters. The minimum atomic E-state index is -4.49. The third-order valence-electron chi connectivity index (χ3n) is 6.16. The summed E-state index contributed by atoms with van der Waals surface area (Å²) >= 11 is 0. The average molecular weight is 496 g/mol. The lowest BCUT2D eigenvalue weighted by Gasteiger charge is -2.16. The molecule has 0 saturated heterocycles. The third kappa shape index (κ3) is 4.82. The Morgan fingerprint density at radius 1 is 0.944 bits per heavy atom. The Balaban J connectivity index is 1.74. The van der Waals surface area contributed by atoms with Gasteiger partial charge in [-0.05, 0) is 67.8 Å². The maximum atomic E-state index is 13.5. The van der Waals surface area contributed by atoms with Gasteiger partial charge >= 0.3 is 11.9 Å². The molecule has 0 saturated carbocycles. The van der Waals surface area contributed by atoms with Gasteiger partial charge in [0.15, 0.2) is 0 Å². The molecule has 1 N–H and O–H groups in total. The van der Waals surface area contributed by atoms with E-state index < -0.39 is 35.4 Å². The van der Waals surface area contributed by atoms with Crippen LogP contribution in [0.15, 0.2) is 70.3 Å². The van der Waals surface area contributed by atoms with Crippen LogP contribution in [0.2, 0.25) is 0 Å². The second-order valence-corrected chi connectivity index (χ2v) is 8.72. The van der Waals surface area contributed by atoms with Gasteiger partial charge in [-0.2, -0.15) is 13.2 Å². The number of rotatable bonds is 5. The van der Waals surface area contributed by atoms with Crippen molar-refractivity contribution in [2.75, 3.05) is 0 Å². The molecule has 9 heteroatoms. The molecule has 3 aromatic carbocycles. The van der Waals surface area contributed by atoms with E-state index in [0.29, 0.717) is 11.2 Å². The number of carbonyl (C=O) groups excluding carboxylic acids is 1. The number of nitrogens with one attached hydrogen (secondary N) is 1. The number of carbonyl (C=O) groups is 1. The van der Waals surface area contributed by atoms with Crippen molar-refractivity contribution in [3.63, 3.8) is 0 Å². The van der Waals surface area contributed by atoms with Gasteiger partial charge in [-0.3, -0.25) is 14.2 Å². The molecule has 0 radical (unpaired) electrons. The Bertz CT molecular complexity index is 1600. The van der Waals surface area contributed by atoms with E-state index in [-0.39, 0.29) is 17.5 Å². The molecule has 4 rings (SSSR count). The Kier molecular flexibility index (Phi) is 6.58. The fourth-order valence-corrected chi connectivity index (χ4v) is 4.09. The zero-order valence-corrected chi connectivity index (χ0v) is 19.9. The van der Waals surface area contributed by atoms with E-state index in [4.69, 9.17) is 0 Å². The Labute approximate surface area is 204 Å². The molecular weight excluding hydrogens is 471 g/mol. The van der Waals surface area contributed by atoms with Crippen LogP contribution in [-0.4, -0.2) is 15.0 Å². The first-order chi connectivity index (χ1) is 17.0. The number of aromatic nitrogens is 2. The minimum Gasteiger partial charge on any atom is -0.350 e. The van der Waals surface area contributed by atoms with Crippen LogP contribution in [0.5, 0.6) is 0 Å². The van der Waals surface area contributed by atoms with E-state index in [9.17, 15) is 27.6 Å². The summed E-state index contributed by atoms with van der Waals surface area (Å²) in [6, 6.07) is 15.0. The molecule has 186 valence electrons. The second-order valence-electron chi connectivity index (χ2n) is 8.72. The van der Waals surface area contributed by atoms with Gasteiger partial charge in [-0.1, -0.05) is 35.9 Å². The highest BCUT2D eigenvalue weighted by Crippen LogP contribution is 2.29. The first kappa shape index (κ1) is 25.0. The lowest BCUT2D eigenvalue weighted by atomic mass is 10.1. The smallest absolute Gasteiger partial charge is 0.350 e. The lowest BCUT2D eigenvalue weighted by Crippen LogP contribution is -2.42. The Morgan fingerprint density at radius 3 is 2.39 bits per heavy atom. The van der Waals surface area contributed by atoms with Crippen LogP contribution in [-0.2, 0) is 24.1 Å². The summed E-state index contributed by atoms with van der Waals surface area (Å²) < 4.78 is 41.2. The molecule has 1 heterocycles. The molecule has 0 spiro atoms. The number of fused-ring (bicyclic) bond motifs is 1. The van der Waals surface area contributed by atoms with Gasteiger partial charge in [-0.25, -0.2) is 9.36 Å². The van der Waals surface area contributed by atoms with E-state index in [0.717, 1.165) is 33.4 Å². The van der Waals surface area contributed by atoms with Crippen LogP contribution in [0.3, 0.4) is 0 Å². The molecule has 0 aliphatic carbocycles. The summed E-state index contributed by atoms with van der Waals surface area (Å²) in [5.41, 5.74) is 1.47. The van der Waals surface area contributed by atoms with Crippen molar-refractivity contribution in [2.45, 2.75) is 40.0 Å². The molecule has 0 unspecified atom stereocenters. The van der Waals surface area contributed by atoms with Crippen molar-refractivity contribution in [2.24, 2.45) is 0 Å². The molecule has 6 nitrogen and oxygen atoms in total. The second kappa shape index (κ2) is 9.49. The fraction of sp³-hybridized carbons (Fsp3) is 0.222. The number of benzene rings is 3. The molecule has 0 bridgehead atoms. The molecular formula is C27H24F3N3O3. The first-order valence-electron chi connectivity index (χ1n) is 11.2. The maximum Gasteiger partial charge on any atom is 0.416 e. The predicted molar refractivity (Wildman–Crippen MR) is 131 cm³/mol. The van der Waals surface area contributed by atoms with Crippen molar-refractivity contribution < 1.29 is 18.0 Å². The van der Waals surface area contributed by atoms with Crippen molar-refractivity contribution in [3.8, 4) is 5.69 Å². The van der Waals surface area contributed by atoms with Crippen LogP contribution in [0.4, 0.5) is 13.2 Å². The number of amides is 1. The lowest BCUT2D eigenvalue weighted by molar-refractivity contribution is -0.137. The minimum absolute atomic E-state index is 0.148. The largest absolute Gasteiger partial charge is 0.416 e.